The van der Waals surface area contributed by atoms with Crippen molar-refractivity contribution in [2.24, 2.45) is 5.73 Å². The molecule has 4 nitrogen and oxygen atoms in total. The fourth-order valence-electron chi connectivity index (χ4n) is 1.42. The Morgan fingerprint density at radius 1 is 1.56 bits per heavy atom. The van der Waals surface area contributed by atoms with Crippen LogP contribution in [0.3, 0.4) is 0 Å². The quantitative estimate of drug-likeness (QED) is 0.767. The number of hydrogen-bond donors (Lipinski definition) is 2. The summed E-state index contributed by atoms with van der Waals surface area (Å²) in [6.07, 6.45) is 2.87. The minimum Gasteiger partial charge on any atom is -0.469 e. The zero-order chi connectivity index (χ0) is 12.0. The lowest BCUT2D eigenvalue weighted by Gasteiger charge is -2.22. The summed E-state index contributed by atoms with van der Waals surface area (Å²) < 4.78 is 5.34. The van der Waals surface area contributed by atoms with Gasteiger partial charge in [-0.1, -0.05) is 13.8 Å². The highest BCUT2D eigenvalue weighted by Crippen LogP contribution is 2.22. The maximum Gasteiger partial charge on any atom is 0.220 e. The van der Waals surface area contributed by atoms with Gasteiger partial charge < -0.3 is 15.5 Å². The second-order valence-electron chi connectivity index (χ2n) is 4.53. The molecule has 0 spiro atoms. The van der Waals surface area contributed by atoms with Crippen LogP contribution in [0.25, 0.3) is 0 Å². The normalized spacial score (nSPS) is 11.4. The maximum absolute atomic E-state index is 11.4. The first-order valence-electron chi connectivity index (χ1n) is 5.57. The molecule has 3 N–H and O–H groups in total. The molecule has 0 aromatic carbocycles. The summed E-state index contributed by atoms with van der Waals surface area (Å²) >= 11 is 0. The molecule has 0 fully saturated rings. The SMILES string of the molecule is CC(C)(CNC(=O)CCCN)c1ccco1. The van der Waals surface area contributed by atoms with E-state index in [2.05, 4.69) is 5.32 Å². The van der Waals surface area contributed by atoms with E-state index in [1.54, 1.807) is 6.26 Å². The lowest BCUT2D eigenvalue weighted by molar-refractivity contribution is -0.121. The van der Waals surface area contributed by atoms with Crippen LogP contribution in [0.15, 0.2) is 22.8 Å². The Kier molecular flexibility index (Phi) is 4.55. The number of amides is 1. The van der Waals surface area contributed by atoms with Gasteiger partial charge in [-0.3, -0.25) is 4.79 Å². The van der Waals surface area contributed by atoms with E-state index < -0.39 is 0 Å². The molecule has 0 saturated carbocycles. The zero-order valence-electron chi connectivity index (χ0n) is 9.95. The highest BCUT2D eigenvalue weighted by Gasteiger charge is 2.23. The first-order valence-corrected chi connectivity index (χ1v) is 5.57. The van der Waals surface area contributed by atoms with Crippen molar-refractivity contribution in [2.45, 2.75) is 32.1 Å². The topological polar surface area (TPSA) is 68.3 Å². The van der Waals surface area contributed by atoms with E-state index in [4.69, 9.17) is 10.2 Å². The molecule has 0 atom stereocenters. The number of nitrogens with two attached hydrogens (primary N) is 1. The van der Waals surface area contributed by atoms with E-state index in [0.717, 1.165) is 12.2 Å². The third-order valence-corrected chi connectivity index (χ3v) is 2.52. The van der Waals surface area contributed by atoms with Gasteiger partial charge in [0.05, 0.1) is 6.26 Å². The van der Waals surface area contributed by atoms with Crippen molar-refractivity contribution in [3.05, 3.63) is 24.2 Å². The summed E-state index contributed by atoms with van der Waals surface area (Å²) in [5, 5.41) is 2.89. The predicted molar refractivity (Wildman–Crippen MR) is 63.0 cm³/mol. The van der Waals surface area contributed by atoms with E-state index in [-0.39, 0.29) is 11.3 Å². The fourth-order valence-corrected chi connectivity index (χ4v) is 1.42. The van der Waals surface area contributed by atoms with E-state index in [1.807, 2.05) is 26.0 Å². The van der Waals surface area contributed by atoms with Crippen molar-refractivity contribution in [2.75, 3.05) is 13.1 Å². The first kappa shape index (κ1) is 12.8. The summed E-state index contributed by atoms with van der Waals surface area (Å²) in [6, 6.07) is 3.78. The van der Waals surface area contributed by atoms with E-state index in [9.17, 15) is 4.79 Å². The number of carbonyl (C=O) groups is 1. The third-order valence-electron chi connectivity index (χ3n) is 2.52. The van der Waals surface area contributed by atoms with Gasteiger partial charge in [0.1, 0.15) is 5.76 Å². The van der Waals surface area contributed by atoms with Crippen LogP contribution in [0.4, 0.5) is 0 Å². The molecule has 0 aliphatic heterocycles. The Morgan fingerprint density at radius 3 is 2.88 bits per heavy atom. The van der Waals surface area contributed by atoms with Crippen LogP contribution < -0.4 is 11.1 Å². The van der Waals surface area contributed by atoms with E-state index >= 15 is 0 Å². The lowest BCUT2D eigenvalue weighted by Crippen LogP contribution is -2.36. The van der Waals surface area contributed by atoms with Gasteiger partial charge in [0.2, 0.25) is 5.91 Å². The molecule has 1 aromatic heterocycles. The second kappa shape index (κ2) is 5.70. The standard InChI is InChI=1S/C12H20N2O2/c1-12(2,10-5-4-8-16-10)9-14-11(15)6-3-7-13/h4-5,8H,3,6-7,9,13H2,1-2H3,(H,14,15). The summed E-state index contributed by atoms with van der Waals surface area (Å²) in [4.78, 5) is 11.4. The Hall–Kier alpha value is -1.29. The monoisotopic (exact) mass is 224 g/mol. The van der Waals surface area contributed by atoms with Crippen LogP contribution >= 0.6 is 0 Å². The molecule has 0 aliphatic rings. The number of rotatable bonds is 6. The molecule has 1 amide bonds. The van der Waals surface area contributed by atoms with Crippen LogP contribution in [0, 0.1) is 0 Å². The van der Waals surface area contributed by atoms with Gasteiger partial charge in [0.15, 0.2) is 0 Å². The van der Waals surface area contributed by atoms with Gasteiger partial charge in [0.25, 0.3) is 0 Å². The molecule has 1 heterocycles. The zero-order valence-corrected chi connectivity index (χ0v) is 9.95. The third kappa shape index (κ3) is 3.70. The van der Waals surface area contributed by atoms with Crippen LogP contribution in [-0.4, -0.2) is 19.0 Å². The van der Waals surface area contributed by atoms with Gasteiger partial charge in [-0.25, -0.2) is 0 Å². The second-order valence-corrected chi connectivity index (χ2v) is 4.53. The summed E-state index contributed by atoms with van der Waals surface area (Å²) in [5.41, 5.74) is 5.16. The summed E-state index contributed by atoms with van der Waals surface area (Å²) in [6.45, 7) is 5.20. The first-order chi connectivity index (χ1) is 7.56. The Morgan fingerprint density at radius 2 is 2.31 bits per heavy atom. The molecule has 0 bridgehead atoms. The smallest absolute Gasteiger partial charge is 0.220 e. The molecule has 1 aromatic rings. The predicted octanol–water partition coefficient (Wildman–Crippen LogP) is 1.41. The number of carbonyl (C=O) groups excluding carboxylic acids is 1. The molecular weight excluding hydrogens is 204 g/mol. The molecular formula is C12H20N2O2. The van der Waals surface area contributed by atoms with Gasteiger partial charge in [0, 0.05) is 18.4 Å². The molecule has 16 heavy (non-hydrogen) atoms. The van der Waals surface area contributed by atoms with Crippen molar-refractivity contribution in [3.8, 4) is 0 Å². The molecule has 0 aliphatic carbocycles. The number of hydrogen-bond acceptors (Lipinski definition) is 3. The fraction of sp³-hybridized carbons (Fsp3) is 0.583. The maximum atomic E-state index is 11.4. The van der Waals surface area contributed by atoms with Crippen molar-refractivity contribution in [1.29, 1.82) is 0 Å². The lowest BCUT2D eigenvalue weighted by atomic mass is 9.90. The molecule has 1 rings (SSSR count). The van der Waals surface area contributed by atoms with Crippen LogP contribution in [0.2, 0.25) is 0 Å². The average Bonchev–Trinajstić information content (AvgIpc) is 2.77. The molecule has 0 unspecified atom stereocenters. The van der Waals surface area contributed by atoms with Crippen molar-refractivity contribution in [3.63, 3.8) is 0 Å². The van der Waals surface area contributed by atoms with Gasteiger partial charge >= 0.3 is 0 Å². The van der Waals surface area contributed by atoms with Crippen molar-refractivity contribution < 1.29 is 9.21 Å². The largest absolute Gasteiger partial charge is 0.469 e. The minimum atomic E-state index is -0.179. The number of nitrogens with one attached hydrogen (secondary N) is 1. The van der Waals surface area contributed by atoms with E-state index in [1.165, 1.54) is 0 Å². The minimum absolute atomic E-state index is 0.0464. The molecule has 0 radical (unpaired) electrons. The highest BCUT2D eigenvalue weighted by molar-refractivity contribution is 5.75. The van der Waals surface area contributed by atoms with Crippen molar-refractivity contribution >= 4 is 5.91 Å². The summed E-state index contributed by atoms with van der Waals surface area (Å²) in [5.74, 6) is 0.928. The van der Waals surface area contributed by atoms with Crippen LogP contribution in [0.5, 0.6) is 0 Å². The highest BCUT2D eigenvalue weighted by atomic mass is 16.3. The molecule has 4 heteroatoms. The van der Waals surface area contributed by atoms with Crippen LogP contribution in [0.1, 0.15) is 32.4 Å². The molecule has 90 valence electrons. The summed E-state index contributed by atoms with van der Waals surface area (Å²) in [7, 11) is 0. The van der Waals surface area contributed by atoms with Crippen LogP contribution in [-0.2, 0) is 10.2 Å². The molecule has 0 saturated heterocycles. The van der Waals surface area contributed by atoms with Gasteiger partial charge in [-0.15, -0.1) is 0 Å². The Bertz CT molecular complexity index is 318. The Labute approximate surface area is 96.2 Å². The average molecular weight is 224 g/mol. The van der Waals surface area contributed by atoms with Gasteiger partial charge in [-0.05, 0) is 25.1 Å². The van der Waals surface area contributed by atoms with Crippen molar-refractivity contribution in [1.82, 2.24) is 5.32 Å². The Balaban J connectivity index is 2.39. The van der Waals surface area contributed by atoms with E-state index in [0.29, 0.717) is 19.5 Å². The van der Waals surface area contributed by atoms with Gasteiger partial charge in [-0.2, -0.15) is 0 Å². The number of furan rings is 1.